The number of benzene rings is 1. The smallest absolute Gasteiger partial charge is 0.324 e. The fraction of sp³-hybridized carbons (Fsp3) is 0.462. The van der Waals surface area contributed by atoms with Crippen LogP contribution in [0, 0.1) is 5.92 Å². The van der Waals surface area contributed by atoms with Crippen molar-refractivity contribution in [2.24, 2.45) is 5.92 Å². The molecule has 0 unspecified atom stereocenters. The molecule has 1 aromatic carbocycles. The van der Waals surface area contributed by atoms with E-state index in [2.05, 4.69) is 9.46 Å². The molecule has 0 spiro atoms. The lowest BCUT2D eigenvalue weighted by atomic mass is 10.0. The molecule has 0 aliphatic carbocycles. The van der Waals surface area contributed by atoms with Crippen LogP contribution in [0.25, 0.3) is 0 Å². The van der Waals surface area contributed by atoms with E-state index >= 15 is 0 Å². The normalized spacial score (nSPS) is 14.6. The van der Waals surface area contributed by atoms with Crippen LogP contribution in [-0.2, 0) is 19.6 Å². The van der Waals surface area contributed by atoms with Gasteiger partial charge >= 0.3 is 5.97 Å². The standard InChI is InChI=1S/C13H18ClNO4S/c1-4-9(2)12(13(16)19-3)15-20(17,18)11-8-6-5-7-10(11)14/h5-9,12,15H,4H2,1-3H3/t9-,12-/m1/s1. The van der Waals surface area contributed by atoms with Gasteiger partial charge in [0.25, 0.3) is 0 Å². The van der Waals surface area contributed by atoms with Gasteiger partial charge in [-0.05, 0) is 18.1 Å². The minimum atomic E-state index is -3.88. The molecule has 1 aromatic rings. The van der Waals surface area contributed by atoms with Crippen LogP contribution in [0.4, 0.5) is 0 Å². The number of halogens is 1. The molecule has 1 rings (SSSR count). The van der Waals surface area contributed by atoms with Gasteiger partial charge in [0.1, 0.15) is 10.9 Å². The highest BCUT2D eigenvalue weighted by Crippen LogP contribution is 2.22. The van der Waals surface area contributed by atoms with E-state index in [1.54, 1.807) is 19.1 Å². The van der Waals surface area contributed by atoms with Gasteiger partial charge < -0.3 is 4.74 Å². The first-order valence-electron chi connectivity index (χ1n) is 6.18. The summed E-state index contributed by atoms with van der Waals surface area (Å²) in [4.78, 5) is 11.7. The fourth-order valence-corrected chi connectivity index (χ4v) is 3.47. The molecule has 0 aliphatic heterocycles. The van der Waals surface area contributed by atoms with Crippen molar-refractivity contribution >= 4 is 27.6 Å². The van der Waals surface area contributed by atoms with E-state index in [0.29, 0.717) is 6.42 Å². The summed E-state index contributed by atoms with van der Waals surface area (Å²) in [5, 5.41) is 0.104. The second-order valence-corrected chi connectivity index (χ2v) is 6.53. The first-order valence-corrected chi connectivity index (χ1v) is 8.04. The lowest BCUT2D eigenvalue weighted by molar-refractivity contribution is -0.143. The molecule has 0 radical (unpaired) electrons. The molecule has 112 valence electrons. The Morgan fingerprint density at radius 1 is 1.40 bits per heavy atom. The van der Waals surface area contributed by atoms with Crippen LogP contribution in [0.3, 0.4) is 0 Å². The van der Waals surface area contributed by atoms with Gasteiger partial charge in [0.15, 0.2) is 0 Å². The van der Waals surface area contributed by atoms with Crippen LogP contribution in [0.15, 0.2) is 29.2 Å². The van der Waals surface area contributed by atoms with Gasteiger partial charge in [-0.3, -0.25) is 4.79 Å². The monoisotopic (exact) mass is 319 g/mol. The maximum absolute atomic E-state index is 12.3. The molecule has 0 bridgehead atoms. The summed E-state index contributed by atoms with van der Waals surface area (Å²) < 4.78 is 31.6. The van der Waals surface area contributed by atoms with Crippen molar-refractivity contribution in [2.75, 3.05) is 7.11 Å². The topological polar surface area (TPSA) is 72.5 Å². The molecule has 7 heteroatoms. The molecular weight excluding hydrogens is 302 g/mol. The number of rotatable bonds is 6. The molecule has 0 saturated heterocycles. The number of ether oxygens (including phenoxy) is 1. The predicted molar refractivity (Wildman–Crippen MR) is 77.0 cm³/mol. The minimum Gasteiger partial charge on any atom is -0.468 e. The fourth-order valence-electron chi connectivity index (χ4n) is 1.65. The summed E-state index contributed by atoms with van der Waals surface area (Å²) in [5.41, 5.74) is 0. The molecule has 0 saturated carbocycles. The molecule has 0 aliphatic rings. The van der Waals surface area contributed by atoms with Crippen molar-refractivity contribution in [3.05, 3.63) is 29.3 Å². The average molecular weight is 320 g/mol. The quantitative estimate of drug-likeness (QED) is 0.816. The van der Waals surface area contributed by atoms with Crippen molar-refractivity contribution in [1.82, 2.24) is 4.72 Å². The second-order valence-electron chi connectivity index (χ2n) is 4.44. The number of hydrogen-bond acceptors (Lipinski definition) is 4. The zero-order valence-electron chi connectivity index (χ0n) is 11.6. The maximum Gasteiger partial charge on any atom is 0.324 e. The van der Waals surface area contributed by atoms with Crippen LogP contribution in [0.1, 0.15) is 20.3 Å². The molecule has 20 heavy (non-hydrogen) atoms. The largest absolute Gasteiger partial charge is 0.468 e. The van der Waals surface area contributed by atoms with Crippen LogP contribution in [0.2, 0.25) is 5.02 Å². The third-order valence-corrected chi connectivity index (χ3v) is 5.02. The molecular formula is C13H18ClNO4S. The highest BCUT2D eigenvalue weighted by atomic mass is 35.5. The minimum absolute atomic E-state index is 0.0566. The van der Waals surface area contributed by atoms with Gasteiger partial charge in [-0.25, -0.2) is 8.42 Å². The molecule has 0 fully saturated rings. The van der Waals surface area contributed by atoms with Gasteiger partial charge in [0.2, 0.25) is 10.0 Å². The van der Waals surface area contributed by atoms with Crippen molar-refractivity contribution in [3.63, 3.8) is 0 Å². The van der Waals surface area contributed by atoms with E-state index in [-0.39, 0.29) is 15.8 Å². The predicted octanol–water partition coefficient (Wildman–Crippen LogP) is 2.21. The number of carbonyl (C=O) groups excluding carboxylic acids is 1. The van der Waals surface area contributed by atoms with Crippen LogP contribution in [0.5, 0.6) is 0 Å². The third-order valence-electron chi connectivity index (χ3n) is 3.08. The summed E-state index contributed by atoms with van der Waals surface area (Å²) >= 11 is 5.88. The van der Waals surface area contributed by atoms with Gasteiger partial charge in [-0.2, -0.15) is 4.72 Å². The van der Waals surface area contributed by atoms with Gasteiger partial charge in [0.05, 0.1) is 12.1 Å². The van der Waals surface area contributed by atoms with E-state index < -0.39 is 22.0 Å². The first kappa shape index (κ1) is 16.9. The first-order chi connectivity index (χ1) is 9.33. The van der Waals surface area contributed by atoms with Crippen molar-refractivity contribution in [1.29, 1.82) is 0 Å². The zero-order chi connectivity index (χ0) is 15.3. The molecule has 0 aromatic heterocycles. The zero-order valence-corrected chi connectivity index (χ0v) is 13.2. The maximum atomic E-state index is 12.3. The molecule has 0 heterocycles. The molecule has 1 N–H and O–H groups in total. The molecule has 2 atom stereocenters. The number of methoxy groups -OCH3 is 1. The number of esters is 1. The Morgan fingerprint density at radius 2 is 2.00 bits per heavy atom. The van der Waals surface area contributed by atoms with Crippen molar-refractivity contribution < 1.29 is 17.9 Å². The SMILES string of the molecule is CC[C@@H](C)[C@@H](NS(=O)(=O)c1ccccc1Cl)C(=O)OC. The molecule has 0 amide bonds. The Morgan fingerprint density at radius 3 is 2.50 bits per heavy atom. The van der Waals surface area contributed by atoms with E-state index in [1.165, 1.54) is 19.2 Å². The highest BCUT2D eigenvalue weighted by Gasteiger charge is 2.31. The van der Waals surface area contributed by atoms with E-state index in [0.717, 1.165) is 0 Å². The summed E-state index contributed by atoms with van der Waals surface area (Å²) in [6.45, 7) is 3.64. The van der Waals surface area contributed by atoms with E-state index in [1.807, 2.05) is 6.92 Å². The van der Waals surface area contributed by atoms with Crippen molar-refractivity contribution in [3.8, 4) is 0 Å². The number of carbonyl (C=O) groups is 1. The summed E-state index contributed by atoms with van der Waals surface area (Å²) in [6, 6.07) is 5.12. The summed E-state index contributed by atoms with van der Waals surface area (Å²) in [6.07, 6.45) is 0.630. The Bertz CT molecular complexity index is 573. The number of sulfonamides is 1. The Labute approximate surface area is 124 Å². The average Bonchev–Trinajstić information content (AvgIpc) is 2.43. The van der Waals surface area contributed by atoms with Crippen LogP contribution >= 0.6 is 11.6 Å². The van der Waals surface area contributed by atoms with Crippen LogP contribution < -0.4 is 4.72 Å². The summed E-state index contributed by atoms with van der Waals surface area (Å²) in [7, 11) is -2.66. The van der Waals surface area contributed by atoms with Gasteiger partial charge in [0, 0.05) is 0 Å². The van der Waals surface area contributed by atoms with Crippen molar-refractivity contribution in [2.45, 2.75) is 31.2 Å². The lowest BCUT2D eigenvalue weighted by Crippen LogP contribution is -2.45. The van der Waals surface area contributed by atoms with E-state index in [4.69, 9.17) is 11.6 Å². The third kappa shape index (κ3) is 3.94. The lowest BCUT2D eigenvalue weighted by Gasteiger charge is -2.22. The number of nitrogens with one attached hydrogen (secondary N) is 1. The van der Waals surface area contributed by atoms with Gasteiger partial charge in [-0.15, -0.1) is 0 Å². The van der Waals surface area contributed by atoms with Gasteiger partial charge in [-0.1, -0.05) is 44.0 Å². The van der Waals surface area contributed by atoms with E-state index in [9.17, 15) is 13.2 Å². The Kier molecular flexibility index (Phi) is 5.98. The summed E-state index contributed by atoms with van der Waals surface area (Å²) in [5.74, 6) is -0.810. The Balaban J connectivity index is 3.10. The molecule has 5 nitrogen and oxygen atoms in total. The second kappa shape index (κ2) is 7.06. The van der Waals surface area contributed by atoms with Crippen LogP contribution in [-0.4, -0.2) is 27.5 Å². The highest BCUT2D eigenvalue weighted by molar-refractivity contribution is 7.89. The Hall–Kier alpha value is -1.11. The number of hydrogen-bond donors (Lipinski definition) is 1.